The zero-order valence-corrected chi connectivity index (χ0v) is 13.5. The molecule has 0 saturated carbocycles. The standard InChI is InChI=1S/C14H19ClN2O3S/c1-2-3-4-7-17(8-9-18)21(19,20)13-6-5-12(11-16)14(15)10-13/h5-6,10,18H,2-4,7-9H2,1H3. The first-order valence-corrected chi connectivity index (χ1v) is 8.59. The average Bonchev–Trinajstić information content (AvgIpc) is 2.46. The van der Waals surface area contributed by atoms with E-state index in [0.717, 1.165) is 19.3 Å². The Balaban J connectivity index is 3.05. The van der Waals surface area contributed by atoms with E-state index in [2.05, 4.69) is 0 Å². The van der Waals surface area contributed by atoms with Gasteiger partial charge in [-0.25, -0.2) is 8.42 Å². The second-order valence-corrected chi connectivity index (χ2v) is 6.93. The number of halogens is 1. The molecule has 0 atom stereocenters. The minimum atomic E-state index is -3.71. The molecule has 0 aliphatic rings. The highest BCUT2D eigenvalue weighted by Gasteiger charge is 2.24. The summed E-state index contributed by atoms with van der Waals surface area (Å²) in [7, 11) is -3.71. The zero-order chi connectivity index (χ0) is 15.9. The van der Waals surface area contributed by atoms with Crippen molar-refractivity contribution in [3.05, 3.63) is 28.8 Å². The summed E-state index contributed by atoms with van der Waals surface area (Å²) in [5, 5.41) is 18.0. The molecule has 0 saturated heterocycles. The molecule has 7 heteroatoms. The first kappa shape index (κ1) is 17.9. The molecule has 116 valence electrons. The molecule has 0 heterocycles. The topological polar surface area (TPSA) is 81.4 Å². The van der Waals surface area contributed by atoms with Crippen molar-refractivity contribution < 1.29 is 13.5 Å². The first-order chi connectivity index (χ1) is 9.97. The minimum absolute atomic E-state index is 0.0384. The van der Waals surface area contributed by atoms with E-state index in [1.54, 1.807) is 0 Å². The fourth-order valence-electron chi connectivity index (χ4n) is 1.90. The number of nitriles is 1. The van der Waals surface area contributed by atoms with Crippen LogP contribution in [-0.4, -0.2) is 37.5 Å². The highest BCUT2D eigenvalue weighted by Crippen LogP contribution is 2.23. The van der Waals surface area contributed by atoms with Crippen LogP contribution in [0.2, 0.25) is 5.02 Å². The maximum Gasteiger partial charge on any atom is 0.243 e. The maximum absolute atomic E-state index is 12.5. The van der Waals surface area contributed by atoms with Crippen molar-refractivity contribution in [1.82, 2.24) is 4.31 Å². The Labute approximate surface area is 130 Å². The van der Waals surface area contributed by atoms with E-state index in [0.29, 0.717) is 6.54 Å². The van der Waals surface area contributed by atoms with Gasteiger partial charge in [0.2, 0.25) is 10.0 Å². The third-order valence-electron chi connectivity index (χ3n) is 3.06. The largest absolute Gasteiger partial charge is 0.395 e. The molecule has 0 aliphatic heterocycles. The highest BCUT2D eigenvalue weighted by atomic mass is 35.5. The van der Waals surface area contributed by atoms with Crippen molar-refractivity contribution in [2.75, 3.05) is 19.7 Å². The number of aliphatic hydroxyl groups excluding tert-OH is 1. The van der Waals surface area contributed by atoms with E-state index < -0.39 is 10.0 Å². The number of aliphatic hydroxyl groups is 1. The molecule has 1 aromatic carbocycles. The third kappa shape index (κ3) is 4.68. The first-order valence-electron chi connectivity index (χ1n) is 6.78. The van der Waals surface area contributed by atoms with Crippen molar-refractivity contribution >= 4 is 21.6 Å². The van der Waals surface area contributed by atoms with Gasteiger partial charge in [0.05, 0.1) is 22.1 Å². The SMILES string of the molecule is CCCCCN(CCO)S(=O)(=O)c1ccc(C#N)c(Cl)c1. The van der Waals surface area contributed by atoms with Crippen molar-refractivity contribution in [3.8, 4) is 6.07 Å². The molecule has 1 rings (SSSR count). The number of unbranched alkanes of at least 4 members (excludes halogenated alkanes) is 2. The quantitative estimate of drug-likeness (QED) is 0.742. The summed E-state index contributed by atoms with van der Waals surface area (Å²) < 4.78 is 26.3. The minimum Gasteiger partial charge on any atom is -0.395 e. The number of hydrogen-bond donors (Lipinski definition) is 1. The van der Waals surface area contributed by atoms with Gasteiger partial charge in [0.15, 0.2) is 0 Å². The van der Waals surface area contributed by atoms with Crippen molar-refractivity contribution in [1.29, 1.82) is 5.26 Å². The molecule has 0 aliphatic carbocycles. The van der Waals surface area contributed by atoms with Crippen molar-refractivity contribution in [3.63, 3.8) is 0 Å². The summed E-state index contributed by atoms with van der Waals surface area (Å²) in [6.45, 7) is 2.19. The van der Waals surface area contributed by atoms with Crippen molar-refractivity contribution in [2.24, 2.45) is 0 Å². The lowest BCUT2D eigenvalue weighted by Gasteiger charge is -2.21. The summed E-state index contributed by atoms with van der Waals surface area (Å²) in [5.74, 6) is 0. The van der Waals surface area contributed by atoms with E-state index >= 15 is 0 Å². The second-order valence-electron chi connectivity index (χ2n) is 4.59. The maximum atomic E-state index is 12.5. The molecule has 1 aromatic rings. The molecular weight excluding hydrogens is 312 g/mol. The molecule has 0 unspecified atom stereocenters. The Hall–Kier alpha value is -1.13. The van der Waals surface area contributed by atoms with E-state index in [1.807, 2.05) is 13.0 Å². The Bertz CT molecular complexity index is 611. The molecule has 0 bridgehead atoms. The highest BCUT2D eigenvalue weighted by molar-refractivity contribution is 7.89. The monoisotopic (exact) mass is 330 g/mol. The summed E-state index contributed by atoms with van der Waals surface area (Å²) in [6, 6.07) is 5.92. The number of nitrogens with zero attached hydrogens (tertiary/aromatic N) is 2. The van der Waals surface area contributed by atoms with Gasteiger partial charge in [0.1, 0.15) is 6.07 Å². The summed E-state index contributed by atoms with van der Waals surface area (Å²) in [5.41, 5.74) is 0.232. The van der Waals surface area contributed by atoms with Crippen molar-refractivity contribution in [2.45, 2.75) is 31.1 Å². The molecular formula is C14H19ClN2O3S. The zero-order valence-electron chi connectivity index (χ0n) is 11.9. The van der Waals surface area contributed by atoms with Crippen LogP contribution >= 0.6 is 11.6 Å². The number of hydrogen-bond acceptors (Lipinski definition) is 4. The molecule has 5 nitrogen and oxygen atoms in total. The Morgan fingerprint density at radius 3 is 2.57 bits per heavy atom. The lowest BCUT2D eigenvalue weighted by atomic mass is 10.2. The van der Waals surface area contributed by atoms with Gasteiger partial charge in [-0.2, -0.15) is 9.57 Å². The van der Waals surface area contributed by atoms with Crippen LogP contribution in [0.15, 0.2) is 23.1 Å². The van der Waals surface area contributed by atoms with Gasteiger partial charge in [-0.15, -0.1) is 0 Å². The van der Waals surface area contributed by atoms with Crippen LogP contribution in [0.4, 0.5) is 0 Å². The fraction of sp³-hybridized carbons (Fsp3) is 0.500. The lowest BCUT2D eigenvalue weighted by molar-refractivity contribution is 0.252. The number of sulfonamides is 1. The molecule has 0 fully saturated rings. The van der Waals surface area contributed by atoms with Crippen LogP contribution in [0.1, 0.15) is 31.7 Å². The van der Waals surface area contributed by atoms with Gasteiger partial charge in [-0.1, -0.05) is 31.4 Å². The van der Waals surface area contributed by atoms with E-state index in [4.69, 9.17) is 22.0 Å². The van der Waals surface area contributed by atoms with Gasteiger partial charge < -0.3 is 5.11 Å². The van der Waals surface area contributed by atoms with Crippen LogP contribution < -0.4 is 0 Å². The molecule has 0 amide bonds. The normalized spacial score (nSPS) is 11.6. The number of rotatable bonds is 8. The van der Waals surface area contributed by atoms with Gasteiger partial charge in [0, 0.05) is 13.1 Å². The molecule has 0 spiro atoms. The van der Waals surface area contributed by atoms with E-state index in [1.165, 1.54) is 22.5 Å². The predicted molar refractivity (Wildman–Crippen MR) is 81.5 cm³/mol. The third-order valence-corrected chi connectivity index (χ3v) is 5.27. The summed E-state index contributed by atoms with van der Waals surface area (Å²) >= 11 is 5.89. The molecule has 0 radical (unpaired) electrons. The van der Waals surface area contributed by atoms with Gasteiger partial charge >= 0.3 is 0 Å². The summed E-state index contributed by atoms with van der Waals surface area (Å²) in [4.78, 5) is 0.0384. The van der Waals surface area contributed by atoms with Crippen LogP contribution in [0.5, 0.6) is 0 Å². The predicted octanol–water partition coefficient (Wildman–Crippen LogP) is 2.38. The van der Waals surface area contributed by atoms with Crippen LogP contribution in [0.3, 0.4) is 0 Å². The van der Waals surface area contributed by atoms with Crippen LogP contribution in [0, 0.1) is 11.3 Å². The van der Waals surface area contributed by atoms with Crippen LogP contribution in [0.25, 0.3) is 0 Å². The lowest BCUT2D eigenvalue weighted by Crippen LogP contribution is -2.34. The molecule has 0 aromatic heterocycles. The second kappa shape index (κ2) is 8.35. The molecule has 21 heavy (non-hydrogen) atoms. The van der Waals surface area contributed by atoms with E-state index in [9.17, 15) is 8.42 Å². The van der Waals surface area contributed by atoms with Gasteiger partial charge in [-0.3, -0.25) is 0 Å². The fourth-order valence-corrected chi connectivity index (χ4v) is 3.68. The van der Waals surface area contributed by atoms with E-state index in [-0.39, 0.29) is 28.6 Å². The number of benzene rings is 1. The average molecular weight is 331 g/mol. The van der Waals surface area contributed by atoms with Gasteiger partial charge in [0.25, 0.3) is 0 Å². The smallest absolute Gasteiger partial charge is 0.243 e. The van der Waals surface area contributed by atoms with Crippen LogP contribution in [-0.2, 0) is 10.0 Å². The Morgan fingerprint density at radius 2 is 2.05 bits per heavy atom. The Kier molecular flexibility index (Phi) is 7.12. The summed E-state index contributed by atoms with van der Waals surface area (Å²) in [6.07, 6.45) is 2.64. The van der Waals surface area contributed by atoms with Gasteiger partial charge in [-0.05, 0) is 24.6 Å². The Morgan fingerprint density at radius 1 is 1.33 bits per heavy atom. The molecule has 1 N–H and O–H groups in total.